The van der Waals surface area contributed by atoms with Gasteiger partial charge in [0.2, 0.25) is 0 Å². The largest absolute Gasteiger partial charge is 0.309 e. The van der Waals surface area contributed by atoms with E-state index in [4.69, 9.17) is 4.98 Å². The number of nitrogens with zero attached hydrogens (tertiary/aromatic N) is 2. The van der Waals surface area contributed by atoms with Crippen molar-refractivity contribution in [3.8, 4) is 27.9 Å². The summed E-state index contributed by atoms with van der Waals surface area (Å²) >= 11 is 1.77. The van der Waals surface area contributed by atoms with E-state index in [-0.39, 0.29) is 0 Å². The van der Waals surface area contributed by atoms with Crippen molar-refractivity contribution >= 4 is 75.0 Å². The van der Waals surface area contributed by atoms with Gasteiger partial charge in [-0.1, -0.05) is 97.1 Å². The van der Waals surface area contributed by atoms with Crippen LogP contribution in [0.15, 0.2) is 158 Å². The van der Waals surface area contributed by atoms with Gasteiger partial charge < -0.3 is 4.57 Å². The van der Waals surface area contributed by atoms with Gasteiger partial charge in [-0.3, -0.25) is 0 Å². The Balaban J connectivity index is 1.13. The Labute approximate surface area is 269 Å². The fourth-order valence-corrected chi connectivity index (χ4v) is 8.27. The van der Waals surface area contributed by atoms with Crippen LogP contribution in [0.2, 0.25) is 0 Å². The van der Waals surface area contributed by atoms with Crippen molar-refractivity contribution < 1.29 is 0 Å². The molecule has 214 valence electrons. The Morgan fingerprint density at radius 1 is 0.435 bits per heavy atom. The molecule has 0 bridgehead atoms. The summed E-state index contributed by atoms with van der Waals surface area (Å²) < 4.78 is 3.68. The highest BCUT2D eigenvalue weighted by molar-refractivity contribution is 7.25. The zero-order chi connectivity index (χ0) is 30.2. The highest BCUT2D eigenvalue weighted by atomic mass is 32.1. The van der Waals surface area contributed by atoms with Crippen LogP contribution >= 0.6 is 11.3 Å². The quantitative estimate of drug-likeness (QED) is 0.197. The number of pyridine rings is 1. The molecule has 10 rings (SSSR count). The third kappa shape index (κ3) is 3.86. The van der Waals surface area contributed by atoms with Gasteiger partial charge >= 0.3 is 0 Å². The van der Waals surface area contributed by atoms with E-state index in [1.54, 1.807) is 11.3 Å². The van der Waals surface area contributed by atoms with E-state index in [9.17, 15) is 0 Å². The van der Waals surface area contributed by atoms with Crippen molar-refractivity contribution in [2.24, 2.45) is 0 Å². The summed E-state index contributed by atoms with van der Waals surface area (Å²) in [4.78, 5) is 5.96. The van der Waals surface area contributed by atoms with Crippen molar-refractivity contribution in [2.75, 3.05) is 0 Å². The van der Waals surface area contributed by atoms with Crippen LogP contribution in [0, 0.1) is 0 Å². The molecule has 0 aliphatic rings. The number of thiophene rings is 1. The second-order valence-electron chi connectivity index (χ2n) is 12.0. The number of benzene rings is 7. The zero-order valence-corrected chi connectivity index (χ0v) is 25.6. The molecule has 3 heterocycles. The smallest absolute Gasteiger partial charge is 0.125 e. The molecule has 0 spiro atoms. The minimum absolute atomic E-state index is 1.10. The Hall–Kier alpha value is -5.77. The highest BCUT2D eigenvalue weighted by Crippen LogP contribution is 2.40. The summed E-state index contributed by atoms with van der Waals surface area (Å²) in [7, 11) is 0. The summed E-state index contributed by atoms with van der Waals surface area (Å²) in [5, 5.41) is 10.0. The first-order valence-electron chi connectivity index (χ1n) is 15.6. The van der Waals surface area contributed by atoms with Crippen molar-refractivity contribution in [3.05, 3.63) is 158 Å². The maximum Gasteiger partial charge on any atom is 0.125 e. The molecule has 0 atom stereocenters. The number of fused-ring (bicyclic) bond motifs is 9. The molecule has 0 radical (unpaired) electrons. The molecule has 0 N–H and O–H groups in total. The monoisotopic (exact) mass is 602 g/mol. The number of hydrogen-bond acceptors (Lipinski definition) is 2. The lowest BCUT2D eigenvalue weighted by Crippen LogP contribution is -1.93. The predicted octanol–water partition coefficient (Wildman–Crippen LogP) is 12.2. The zero-order valence-electron chi connectivity index (χ0n) is 24.8. The van der Waals surface area contributed by atoms with Crippen molar-refractivity contribution in [2.45, 2.75) is 0 Å². The van der Waals surface area contributed by atoms with Crippen LogP contribution in [0.5, 0.6) is 0 Å². The first kappa shape index (κ1) is 25.5. The van der Waals surface area contributed by atoms with Crippen LogP contribution in [0.25, 0.3) is 91.6 Å². The van der Waals surface area contributed by atoms with E-state index < -0.39 is 0 Å². The second-order valence-corrected chi connectivity index (χ2v) is 13.1. The molecular weight excluding hydrogens is 577 g/mol. The van der Waals surface area contributed by atoms with E-state index in [1.807, 2.05) is 6.20 Å². The van der Waals surface area contributed by atoms with Gasteiger partial charge in [0.1, 0.15) is 4.83 Å². The Bertz CT molecular complexity index is 2800. The molecular formula is C43H26N2S. The normalized spacial score (nSPS) is 11.9. The van der Waals surface area contributed by atoms with E-state index >= 15 is 0 Å². The fourth-order valence-electron chi connectivity index (χ4n) is 7.21. The lowest BCUT2D eigenvalue weighted by atomic mass is 9.96. The van der Waals surface area contributed by atoms with E-state index in [1.165, 1.54) is 86.8 Å². The molecule has 0 aliphatic carbocycles. The third-order valence-electron chi connectivity index (χ3n) is 9.39. The topological polar surface area (TPSA) is 17.8 Å². The average molecular weight is 603 g/mol. The predicted molar refractivity (Wildman–Crippen MR) is 197 cm³/mol. The summed E-state index contributed by atoms with van der Waals surface area (Å²) in [5.41, 5.74) is 8.43. The van der Waals surface area contributed by atoms with Crippen molar-refractivity contribution in [1.82, 2.24) is 9.55 Å². The minimum Gasteiger partial charge on any atom is -0.309 e. The summed E-state index contributed by atoms with van der Waals surface area (Å²) in [6.07, 6.45) is 2.03. The number of hydrogen-bond donors (Lipinski definition) is 0. The molecule has 7 aromatic carbocycles. The SMILES string of the molecule is c1ccc(-n2c3ccc(-c4cccc(-c5ccc6c(cnc7sc8ccccc8c76)c5)c4)cc3c3cc4ccccc4cc32)cc1. The van der Waals surface area contributed by atoms with E-state index in [0.29, 0.717) is 0 Å². The van der Waals surface area contributed by atoms with Crippen LogP contribution < -0.4 is 0 Å². The minimum atomic E-state index is 1.10. The van der Waals surface area contributed by atoms with Gasteiger partial charge in [-0.25, -0.2) is 4.98 Å². The van der Waals surface area contributed by atoms with Crippen LogP contribution in [0.4, 0.5) is 0 Å². The number of rotatable bonds is 3. The number of aromatic nitrogens is 2. The maximum absolute atomic E-state index is 4.86. The molecule has 3 aromatic heterocycles. The van der Waals surface area contributed by atoms with Gasteiger partial charge in [-0.15, -0.1) is 11.3 Å². The molecule has 0 fully saturated rings. The van der Waals surface area contributed by atoms with Crippen LogP contribution in [-0.2, 0) is 0 Å². The van der Waals surface area contributed by atoms with Crippen LogP contribution in [-0.4, -0.2) is 9.55 Å². The average Bonchev–Trinajstić information content (AvgIpc) is 3.66. The Kier molecular flexibility index (Phi) is 5.48. The van der Waals surface area contributed by atoms with Crippen LogP contribution in [0.3, 0.4) is 0 Å². The highest BCUT2D eigenvalue weighted by Gasteiger charge is 2.15. The van der Waals surface area contributed by atoms with Gasteiger partial charge in [-0.2, -0.15) is 0 Å². The summed E-state index contributed by atoms with van der Waals surface area (Å²) in [6, 6.07) is 55.3. The van der Waals surface area contributed by atoms with Crippen LogP contribution in [0.1, 0.15) is 0 Å². The molecule has 0 saturated heterocycles. The first-order chi connectivity index (χ1) is 22.8. The summed E-state index contributed by atoms with van der Waals surface area (Å²) in [5.74, 6) is 0. The van der Waals surface area contributed by atoms with Gasteiger partial charge in [-0.05, 0) is 93.0 Å². The second kappa shape index (κ2) is 9.87. The standard InChI is InChI=1S/C43H26N2S/c1-2-13-34(14-3-1)45-39-20-18-32(24-37(39)38-23-29-9-4-5-10-30(29)25-40(38)45)28-12-8-11-27(21-28)31-17-19-35-33(22-31)26-44-43-42(35)36-15-6-7-16-41(36)46-43/h1-26H. The van der Waals surface area contributed by atoms with Crippen molar-refractivity contribution in [1.29, 1.82) is 0 Å². The Morgan fingerprint density at radius 3 is 2.00 bits per heavy atom. The molecule has 3 heteroatoms. The fraction of sp³-hybridized carbons (Fsp3) is 0. The third-order valence-corrected chi connectivity index (χ3v) is 10.5. The molecule has 10 aromatic rings. The van der Waals surface area contributed by atoms with Gasteiger partial charge in [0.25, 0.3) is 0 Å². The lowest BCUT2D eigenvalue weighted by Gasteiger charge is -2.10. The molecule has 0 aliphatic heterocycles. The Morgan fingerprint density at radius 2 is 1.13 bits per heavy atom. The lowest BCUT2D eigenvalue weighted by molar-refractivity contribution is 1.18. The molecule has 0 amide bonds. The molecule has 0 saturated carbocycles. The van der Waals surface area contributed by atoms with Crippen molar-refractivity contribution in [3.63, 3.8) is 0 Å². The number of para-hydroxylation sites is 1. The summed E-state index contributed by atoms with van der Waals surface area (Å²) in [6.45, 7) is 0. The van der Waals surface area contributed by atoms with Gasteiger partial charge in [0, 0.05) is 43.5 Å². The van der Waals surface area contributed by atoms with E-state index in [0.717, 1.165) is 4.83 Å². The molecule has 46 heavy (non-hydrogen) atoms. The van der Waals surface area contributed by atoms with E-state index in [2.05, 4.69) is 156 Å². The maximum atomic E-state index is 4.86. The molecule has 0 unspecified atom stereocenters. The van der Waals surface area contributed by atoms with Gasteiger partial charge in [0.15, 0.2) is 0 Å². The molecule has 2 nitrogen and oxygen atoms in total. The van der Waals surface area contributed by atoms with Gasteiger partial charge in [0.05, 0.1) is 11.0 Å². The first-order valence-corrected chi connectivity index (χ1v) is 16.4.